The number of rotatable bonds is 6. The van der Waals surface area contributed by atoms with Crippen LogP contribution in [0.15, 0.2) is 17.0 Å². The lowest BCUT2D eigenvalue weighted by molar-refractivity contribution is -0.123. The molecule has 0 aromatic heterocycles. The van der Waals surface area contributed by atoms with E-state index in [9.17, 15) is 13.2 Å². The van der Waals surface area contributed by atoms with Gasteiger partial charge in [-0.2, -0.15) is 4.31 Å². The van der Waals surface area contributed by atoms with Crippen molar-refractivity contribution in [2.24, 2.45) is 0 Å². The molecule has 2 aliphatic rings. The van der Waals surface area contributed by atoms with E-state index < -0.39 is 10.0 Å². The standard InChI is InChI=1S/C20H31N3O4S/c1-15-11-16(2)20(17(3)12-15)28(25,26)23-8-6-22(7-9-23)14-19(24)21-13-18-5-4-10-27-18/h11-12,18H,4-10,13-14H2,1-3H3,(H,21,24)/t18-/m0/s1. The highest BCUT2D eigenvalue weighted by Crippen LogP contribution is 2.26. The molecule has 28 heavy (non-hydrogen) atoms. The maximum Gasteiger partial charge on any atom is 0.243 e. The Bertz CT molecular complexity index is 788. The lowest BCUT2D eigenvalue weighted by Crippen LogP contribution is -2.51. The summed E-state index contributed by atoms with van der Waals surface area (Å²) < 4.78 is 33.3. The van der Waals surface area contributed by atoms with Crippen LogP contribution in [0.3, 0.4) is 0 Å². The third-order valence-electron chi connectivity index (χ3n) is 5.45. The van der Waals surface area contributed by atoms with Gasteiger partial charge in [0.05, 0.1) is 17.5 Å². The number of benzene rings is 1. The molecule has 1 N–H and O–H groups in total. The van der Waals surface area contributed by atoms with Crippen molar-refractivity contribution in [2.75, 3.05) is 45.9 Å². The number of hydrogen-bond acceptors (Lipinski definition) is 5. The lowest BCUT2D eigenvalue weighted by atomic mass is 10.1. The van der Waals surface area contributed by atoms with E-state index in [0.29, 0.717) is 44.2 Å². The summed E-state index contributed by atoms with van der Waals surface area (Å²) in [7, 11) is -3.52. The van der Waals surface area contributed by atoms with E-state index in [2.05, 4.69) is 5.32 Å². The Labute approximate surface area is 168 Å². The number of amides is 1. The largest absolute Gasteiger partial charge is 0.376 e. The van der Waals surface area contributed by atoms with Crippen LogP contribution in [0.25, 0.3) is 0 Å². The third kappa shape index (κ3) is 4.92. The SMILES string of the molecule is Cc1cc(C)c(S(=O)(=O)N2CCN(CC(=O)NC[C@@H]3CCCO3)CC2)c(C)c1. The van der Waals surface area contributed by atoms with Crippen molar-refractivity contribution >= 4 is 15.9 Å². The van der Waals surface area contributed by atoms with Gasteiger partial charge in [0.25, 0.3) is 0 Å². The van der Waals surface area contributed by atoms with Gasteiger partial charge in [-0.15, -0.1) is 0 Å². The number of piperazine rings is 1. The van der Waals surface area contributed by atoms with Gasteiger partial charge < -0.3 is 10.1 Å². The zero-order valence-electron chi connectivity index (χ0n) is 17.0. The summed E-state index contributed by atoms with van der Waals surface area (Å²) >= 11 is 0. The van der Waals surface area contributed by atoms with Crippen LogP contribution in [0.4, 0.5) is 0 Å². The highest BCUT2D eigenvalue weighted by atomic mass is 32.2. The summed E-state index contributed by atoms with van der Waals surface area (Å²) in [5, 5.41) is 2.92. The smallest absolute Gasteiger partial charge is 0.243 e. The molecule has 0 unspecified atom stereocenters. The van der Waals surface area contributed by atoms with Gasteiger partial charge in [-0.25, -0.2) is 8.42 Å². The van der Waals surface area contributed by atoms with Gasteiger partial charge in [-0.05, 0) is 44.7 Å². The highest BCUT2D eigenvalue weighted by Gasteiger charge is 2.31. The van der Waals surface area contributed by atoms with Crippen molar-refractivity contribution in [3.05, 3.63) is 28.8 Å². The molecule has 0 radical (unpaired) electrons. The maximum absolute atomic E-state index is 13.1. The zero-order chi connectivity index (χ0) is 20.3. The Kier molecular flexibility index (Phi) is 6.75. The van der Waals surface area contributed by atoms with Crippen LogP contribution in [-0.2, 0) is 19.6 Å². The number of nitrogens with one attached hydrogen (secondary N) is 1. The first-order chi connectivity index (χ1) is 13.3. The number of hydrogen-bond donors (Lipinski definition) is 1. The highest BCUT2D eigenvalue weighted by molar-refractivity contribution is 7.89. The van der Waals surface area contributed by atoms with Crippen molar-refractivity contribution < 1.29 is 17.9 Å². The second-order valence-corrected chi connectivity index (χ2v) is 9.72. The van der Waals surface area contributed by atoms with E-state index >= 15 is 0 Å². The minimum Gasteiger partial charge on any atom is -0.376 e. The maximum atomic E-state index is 13.1. The summed E-state index contributed by atoms with van der Waals surface area (Å²) in [6.45, 7) is 9.19. The van der Waals surface area contributed by atoms with E-state index in [4.69, 9.17) is 4.74 Å². The summed E-state index contributed by atoms with van der Waals surface area (Å²) in [6, 6.07) is 3.82. The summed E-state index contributed by atoms with van der Waals surface area (Å²) in [4.78, 5) is 14.6. The Balaban J connectivity index is 1.54. The van der Waals surface area contributed by atoms with E-state index in [1.807, 2.05) is 37.8 Å². The first kappa shape index (κ1) is 21.2. The number of aryl methyl sites for hydroxylation is 3. The van der Waals surface area contributed by atoms with E-state index in [1.54, 1.807) is 4.31 Å². The number of carbonyl (C=O) groups excluding carboxylic acids is 1. The molecule has 2 heterocycles. The van der Waals surface area contributed by atoms with Crippen LogP contribution in [0.1, 0.15) is 29.5 Å². The lowest BCUT2D eigenvalue weighted by Gasteiger charge is -2.34. The van der Waals surface area contributed by atoms with Gasteiger partial charge in [0.15, 0.2) is 0 Å². The van der Waals surface area contributed by atoms with Gasteiger partial charge in [-0.3, -0.25) is 9.69 Å². The summed E-state index contributed by atoms with van der Waals surface area (Å²) in [5.41, 5.74) is 2.63. The predicted octanol–water partition coefficient (Wildman–Crippen LogP) is 1.21. The van der Waals surface area contributed by atoms with Gasteiger partial charge in [0.1, 0.15) is 0 Å². The minimum absolute atomic E-state index is 0.0305. The van der Waals surface area contributed by atoms with Crippen molar-refractivity contribution in [1.82, 2.24) is 14.5 Å². The van der Waals surface area contributed by atoms with Crippen LogP contribution >= 0.6 is 0 Å². The minimum atomic E-state index is -3.52. The summed E-state index contributed by atoms with van der Waals surface area (Å²) in [5.74, 6) is -0.0305. The monoisotopic (exact) mass is 409 g/mol. The number of nitrogens with zero attached hydrogens (tertiary/aromatic N) is 2. The fourth-order valence-corrected chi connectivity index (χ4v) is 5.96. The van der Waals surface area contributed by atoms with E-state index in [-0.39, 0.29) is 12.0 Å². The van der Waals surface area contributed by atoms with Crippen molar-refractivity contribution in [2.45, 2.75) is 44.6 Å². The molecule has 7 nitrogen and oxygen atoms in total. The molecule has 1 aromatic carbocycles. The molecule has 2 aliphatic heterocycles. The number of sulfonamides is 1. The Morgan fingerprint density at radius 3 is 2.36 bits per heavy atom. The van der Waals surface area contributed by atoms with Gasteiger partial charge in [0.2, 0.25) is 15.9 Å². The molecule has 0 spiro atoms. The number of ether oxygens (including phenoxy) is 1. The fraction of sp³-hybridized carbons (Fsp3) is 0.650. The van der Waals surface area contributed by atoms with Gasteiger partial charge >= 0.3 is 0 Å². The zero-order valence-corrected chi connectivity index (χ0v) is 17.8. The van der Waals surface area contributed by atoms with Crippen LogP contribution in [0.5, 0.6) is 0 Å². The Hall–Kier alpha value is -1.48. The molecule has 1 atom stereocenters. The number of carbonyl (C=O) groups is 1. The summed E-state index contributed by atoms with van der Waals surface area (Å²) in [6.07, 6.45) is 2.18. The topological polar surface area (TPSA) is 79.0 Å². The average molecular weight is 410 g/mol. The molecule has 156 valence electrons. The molecular formula is C20H31N3O4S. The quantitative estimate of drug-likeness (QED) is 0.764. The molecule has 1 aromatic rings. The van der Waals surface area contributed by atoms with Crippen molar-refractivity contribution in [3.8, 4) is 0 Å². The Morgan fingerprint density at radius 1 is 1.14 bits per heavy atom. The fourth-order valence-electron chi connectivity index (χ4n) is 4.12. The molecule has 1 amide bonds. The molecule has 2 fully saturated rings. The van der Waals surface area contributed by atoms with E-state index in [0.717, 1.165) is 36.1 Å². The molecule has 2 saturated heterocycles. The second kappa shape index (κ2) is 8.90. The van der Waals surface area contributed by atoms with Crippen LogP contribution in [0, 0.1) is 20.8 Å². The molecule has 8 heteroatoms. The van der Waals surface area contributed by atoms with Crippen LogP contribution in [0.2, 0.25) is 0 Å². The molecule has 0 bridgehead atoms. The molecule has 0 saturated carbocycles. The average Bonchev–Trinajstić information content (AvgIpc) is 3.13. The predicted molar refractivity (Wildman–Crippen MR) is 108 cm³/mol. The van der Waals surface area contributed by atoms with Crippen LogP contribution < -0.4 is 5.32 Å². The third-order valence-corrected chi connectivity index (χ3v) is 7.66. The van der Waals surface area contributed by atoms with Gasteiger partial charge in [0, 0.05) is 39.3 Å². The first-order valence-electron chi connectivity index (χ1n) is 9.96. The normalized spacial score (nSPS) is 21.8. The molecule has 3 rings (SSSR count). The van der Waals surface area contributed by atoms with Gasteiger partial charge in [-0.1, -0.05) is 17.7 Å². The Morgan fingerprint density at radius 2 is 1.79 bits per heavy atom. The van der Waals surface area contributed by atoms with Crippen molar-refractivity contribution in [1.29, 1.82) is 0 Å². The first-order valence-corrected chi connectivity index (χ1v) is 11.4. The van der Waals surface area contributed by atoms with Crippen molar-refractivity contribution in [3.63, 3.8) is 0 Å². The van der Waals surface area contributed by atoms with Crippen LogP contribution in [-0.4, -0.2) is 75.5 Å². The molecule has 0 aliphatic carbocycles. The molecular weight excluding hydrogens is 378 g/mol. The van der Waals surface area contributed by atoms with E-state index in [1.165, 1.54) is 0 Å². The second-order valence-electron chi connectivity index (χ2n) is 7.85.